The molecule has 6 heteroatoms. The van der Waals surface area contributed by atoms with Crippen molar-refractivity contribution in [3.8, 4) is 0 Å². The fourth-order valence-electron chi connectivity index (χ4n) is 4.94. The topological polar surface area (TPSA) is 83.6 Å². The second kappa shape index (κ2) is 6.34. The summed E-state index contributed by atoms with van der Waals surface area (Å²) in [7, 11) is 0. The van der Waals surface area contributed by atoms with Gasteiger partial charge < -0.3 is 5.32 Å². The number of amides is 3. The summed E-state index contributed by atoms with van der Waals surface area (Å²) in [6.07, 6.45) is 3.17. The van der Waals surface area contributed by atoms with Crippen molar-refractivity contribution in [2.45, 2.75) is 32.6 Å². The molecule has 2 bridgehead atoms. The van der Waals surface area contributed by atoms with Crippen LogP contribution in [0.1, 0.15) is 43.0 Å². The van der Waals surface area contributed by atoms with Crippen molar-refractivity contribution in [3.63, 3.8) is 0 Å². The summed E-state index contributed by atoms with van der Waals surface area (Å²) in [4.78, 5) is 50.1. The van der Waals surface area contributed by atoms with Crippen LogP contribution in [0.4, 0.5) is 5.69 Å². The monoisotopic (exact) mass is 354 g/mol. The van der Waals surface area contributed by atoms with Crippen molar-refractivity contribution in [3.05, 3.63) is 29.8 Å². The van der Waals surface area contributed by atoms with E-state index in [1.807, 2.05) is 0 Å². The van der Waals surface area contributed by atoms with Crippen LogP contribution in [0.25, 0.3) is 0 Å². The molecule has 2 aliphatic carbocycles. The molecule has 26 heavy (non-hydrogen) atoms. The minimum absolute atomic E-state index is 0.0660. The van der Waals surface area contributed by atoms with Gasteiger partial charge in [-0.2, -0.15) is 0 Å². The van der Waals surface area contributed by atoms with Crippen molar-refractivity contribution in [2.75, 3.05) is 11.9 Å². The highest BCUT2D eigenvalue weighted by Crippen LogP contribution is 2.56. The van der Waals surface area contributed by atoms with Crippen molar-refractivity contribution < 1.29 is 19.2 Å². The summed E-state index contributed by atoms with van der Waals surface area (Å²) in [6, 6.07) is 6.72. The highest BCUT2D eigenvalue weighted by Gasteiger charge is 2.60. The number of nitrogens with one attached hydrogen (secondary N) is 1. The first-order valence-corrected chi connectivity index (χ1v) is 9.22. The van der Waals surface area contributed by atoms with E-state index in [0.717, 1.165) is 19.3 Å². The lowest BCUT2D eigenvalue weighted by atomic mass is 9.81. The molecule has 3 fully saturated rings. The third-order valence-electron chi connectivity index (χ3n) is 6.13. The maximum atomic E-state index is 12.6. The Bertz CT molecular complexity index is 775. The van der Waals surface area contributed by atoms with Gasteiger partial charge in [0.1, 0.15) is 0 Å². The average Bonchev–Trinajstić information content (AvgIpc) is 3.28. The van der Waals surface area contributed by atoms with Gasteiger partial charge in [-0.3, -0.25) is 24.1 Å². The molecule has 0 spiro atoms. The van der Waals surface area contributed by atoms with Gasteiger partial charge in [0.05, 0.1) is 11.8 Å². The molecule has 0 aromatic heterocycles. The maximum Gasteiger partial charge on any atom is 0.233 e. The number of Topliss-reactive ketones (excluding diaryl/α,β-unsaturated/α-hetero) is 1. The lowest BCUT2D eigenvalue weighted by Crippen LogP contribution is -2.35. The quantitative estimate of drug-likeness (QED) is 0.649. The Balaban J connectivity index is 1.36. The summed E-state index contributed by atoms with van der Waals surface area (Å²) >= 11 is 0. The van der Waals surface area contributed by atoms with E-state index in [0.29, 0.717) is 23.1 Å². The number of fused-ring (bicyclic) bond motifs is 5. The standard InChI is InChI=1S/C20H22N2O4/c1-11(23)12-3-2-4-15(10-12)21-16(24)7-8-22-19(25)17-13-5-6-14(9-13)18(17)20(22)26/h2-4,10,13-14,17-18H,5-9H2,1H3,(H,21,24)/t13-,14+,17-,18+. The normalized spacial score (nSPS) is 29.2. The Morgan fingerprint density at radius 3 is 2.38 bits per heavy atom. The number of imide groups is 1. The first kappa shape index (κ1) is 16.9. The zero-order valence-electron chi connectivity index (χ0n) is 14.7. The zero-order valence-corrected chi connectivity index (χ0v) is 14.7. The van der Waals surface area contributed by atoms with Gasteiger partial charge in [0, 0.05) is 24.2 Å². The van der Waals surface area contributed by atoms with Crippen LogP contribution in [0.2, 0.25) is 0 Å². The van der Waals surface area contributed by atoms with Crippen LogP contribution in [0.5, 0.6) is 0 Å². The highest BCUT2D eigenvalue weighted by molar-refractivity contribution is 6.06. The molecule has 0 radical (unpaired) electrons. The van der Waals surface area contributed by atoms with Gasteiger partial charge in [0.25, 0.3) is 0 Å². The SMILES string of the molecule is CC(=O)c1cccc(NC(=O)CCN2C(=O)[C@@H]3[C@@H]4CC[C@@H](C4)[C@@H]3C2=O)c1. The predicted molar refractivity (Wildman–Crippen MR) is 94.2 cm³/mol. The van der Waals surface area contributed by atoms with E-state index >= 15 is 0 Å². The van der Waals surface area contributed by atoms with Crippen LogP contribution in [-0.4, -0.2) is 34.9 Å². The van der Waals surface area contributed by atoms with E-state index in [1.165, 1.54) is 11.8 Å². The number of likely N-dealkylation sites (tertiary alicyclic amines) is 1. The van der Waals surface area contributed by atoms with Crippen molar-refractivity contribution >= 4 is 29.2 Å². The lowest BCUT2D eigenvalue weighted by molar-refractivity contribution is -0.140. The third kappa shape index (κ3) is 2.73. The van der Waals surface area contributed by atoms with Gasteiger partial charge in [0.15, 0.2) is 5.78 Å². The first-order valence-electron chi connectivity index (χ1n) is 9.22. The zero-order chi connectivity index (χ0) is 18.4. The van der Waals surface area contributed by atoms with Gasteiger partial charge in [-0.1, -0.05) is 12.1 Å². The summed E-state index contributed by atoms with van der Waals surface area (Å²) in [6.45, 7) is 1.60. The molecule has 1 heterocycles. The second-order valence-electron chi connectivity index (χ2n) is 7.65. The summed E-state index contributed by atoms with van der Waals surface area (Å²) in [5.41, 5.74) is 1.06. The summed E-state index contributed by atoms with van der Waals surface area (Å²) in [5, 5.41) is 2.73. The molecule has 0 unspecified atom stereocenters. The van der Waals surface area contributed by atoms with Gasteiger partial charge >= 0.3 is 0 Å². The fraction of sp³-hybridized carbons (Fsp3) is 0.500. The smallest absolute Gasteiger partial charge is 0.233 e. The Labute approximate surface area is 151 Å². The maximum absolute atomic E-state index is 12.6. The molecular formula is C20H22N2O4. The van der Waals surface area contributed by atoms with Crippen LogP contribution in [0, 0.1) is 23.7 Å². The number of carbonyl (C=O) groups is 4. The number of anilines is 1. The molecule has 4 rings (SSSR count). The minimum Gasteiger partial charge on any atom is -0.326 e. The molecule has 3 aliphatic rings. The Kier molecular flexibility index (Phi) is 4.13. The molecular weight excluding hydrogens is 332 g/mol. The van der Waals surface area contributed by atoms with Crippen LogP contribution >= 0.6 is 0 Å². The summed E-state index contributed by atoms with van der Waals surface area (Å²) < 4.78 is 0. The lowest BCUT2D eigenvalue weighted by Gasteiger charge is -2.19. The largest absolute Gasteiger partial charge is 0.326 e. The molecule has 6 nitrogen and oxygen atoms in total. The number of carbonyl (C=O) groups excluding carboxylic acids is 4. The third-order valence-corrected chi connectivity index (χ3v) is 6.13. The van der Waals surface area contributed by atoms with E-state index in [4.69, 9.17) is 0 Å². The van der Waals surface area contributed by atoms with E-state index in [9.17, 15) is 19.2 Å². The fourth-order valence-corrected chi connectivity index (χ4v) is 4.94. The van der Waals surface area contributed by atoms with Crippen molar-refractivity contribution in [1.29, 1.82) is 0 Å². The molecule has 3 amide bonds. The van der Waals surface area contributed by atoms with Gasteiger partial charge in [-0.15, -0.1) is 0 Å². The average molecular weight is 354 g/mol. The molecule has 1 aliphatic heterocycles. The van der Waals surface area contributed by atoms with Gasteiger partial charge in [0.2, 0.25) is 17.7 Å². The van der Waals surface area contributed by atoms with Gasteiger partial charge in [-0.05, 0) is 50.2 Å². The number of hydrogen-bond donors (Lipinski definition) is 1. The Morgan fingerprint density at radius 2 is 1.77 bits per heavy atom. The van der Waals surface area contributed by atoms with Crippen molar-refractivity contribution in [1.82, 2.24) is 4.90 Å². The molecule has 136 valence electrons. The molecule has 4 atom stereocenters. The molecule has 1 aromatic rings. The number of hydrogen-bond acceptors (Lipinski definition) is 4. The highest BCUT2D eigenvalue weighted by atomic mass is 16.2. The minimum atomic E-state index is -0.272. The van der Waals surface area contributed by atoms with E-state index < -0.39 is 0 Å². The van der Waals surface area contributed by atoms with Crippen LogP contribution < -0.4 is 5.32 Å². The number of nitrogens with zero attached hydrogens (tertiary/aromatic N) is 1. The van der Waals surface area contributed by atoms with Crippen LogP contribution in [0.15, 0.2) is 24.3 Å². The van der Waals surface area contributed by atoms with Gasteiger partial charge in [-0.25, -0.2) is 0 Å². The molecule has 1 saturated heterocycles. The van der Waals surface area contributed by atoms with E-state index in [2.05, 4.69) is 5.32 Å². The molecule has 1 N–H and O–H groups in total. The number of rotatable bonds is 5. The number of benzene rings is 1. The Morgan fingerprint density at radius 1 is 1.12 bits per heavy atom. The predicted octanol–water partition coefficient (Wildman–Crippen LogP) is 2.25. The Hall–Kier alpha value is -2.50. The van der Waals surface area contributed by atoms with E-state index in [1.54, 1.807) is 24.3 Å². The molecule has 2 saturated carbocycles. The van der Waals surface area contributed by atoms with Crippen LogP contribution in [0.3, 0.4) is 0 Å². The van der Waals surface area contributed by atoms with Crippen LogP contribution in [-0.2, 0) is 14.4 Å². The molecule has 1 aromatic carbocycles. The van der Waals surface area contributed by atoms with Crippen molar-refractivity contribution in [2.24, 2.45) is 23.7 Å². The number of ketones is 1. The first-order chi connectivity index (χ1) is 12.5. The second-order valence-corrected chi connectivity index (χ2v) is 7.65. The van der Waals surface area contributed by atoms with E-state index in [-0.39, 0.29) is 48.3 Å². The summed E-state index contributed by atoms with van der Waals surface area (Å²) in [5.74, 6) is -0.0867.